The van der Waals surface area contributed by atoms with E-state index in [9.17, 15) is 9.18 Å². The van der Waals surface area contributed by atoms with Crippen molar-refractivity contribution in [1.29, 1.82) is 0 Å². The van der Waals surface area contributed by atoms with Crippen molar-refractivity contribution in [3.8, 4) is 0 Å². The third-order valence-corrected chi connectivity index (χ3v) is 2.59. The van der Waals surface area contributed by atoms with E-state index < -0.39 is 11.7 Å². The third kappa shape index (κ3) is 2.51. The quantitative estimate of drug-likeness (QED) is 0.909. The Morgan fingerprint density at radius 1 is 1.44 bits per heavy atom. The summed E-state index contributed by atoms with van der Waals surface area (Å²) >= 11 is 5.62. The highest BCUT2D eigenvalue weighted by Crippen LogP contribution is 2.20. The van der Waals surface area contributed by atoms with E-state index in [-0.39, 0.29) is 10.7 Å². The molecule has 0 unspecified atom stereocenters. The maximum absolute atomic E-state index is 13.0. The average Bonchev–Trinajstić information content (AvgIpc) is 2.63. The lowest BCUT2D eigenvalue weighted by molar-refractivity contribution is 0.102. The molecule has 1 aromatic heterocycles. The molecule has 6 heteroatoms. The predicted molar refractivity (Wildman–Crippen MR) is 65.3 cm³/mol. The van der Waals surface area contributed by atoms with Crippen molar-refractivity contribution >= 4 is 23.2 Å². The van der Waals surface area contributed by atoms with Gasteiger partial charge >= 0.3 is 0 Å². The van der Waals surface area contributed by atoms with Crippen LogP contribution in [0.1, 0.15) is 22.1 Å². The fourth-order valence-corrected chi connectivity index (χ4v) is 1.68. The third-order valence-electron chi connectivity index (χ3n) is 2.30. The Kier molecular flexibility index (Phi) is 3.34. The first-order chi connectivity index (χ1) is 8.47. The number of oxazole rings is 1. The number of hydrogen-bond acceptors (Lipinski definition) is 3. The molecule has 1 amide bonds. The van der Waals surface area contributed by atoms with Crippen LogP contribution < -0.4 is 5.32 Å². The zero-order valence-electron chi connectivity index (χ0n) is 9.75. The van der Waals surface area contributed by atoms with Crippen LogP contribution in [-0.2, 0) is 0 Å². The minimum atomic E-state index is -0.539. The number of aryl methyl sites for hydroxylation is 2. The summed E-state index contributed by atoms with van der Waals surface area (Å²) in [5, 5.41) is 2.51. The molecule has 0 spiro atoms. The first kappa shape index (κ1) is 12.6. The molecule has 0 atom stereocenters. The Balaban J connectivity index is 2.21. The van der Waals surface area contributed by atoms with Crippen molar-refractivity contribution < 1.29 is 13.6 Å². The number of aromatic nitrogens is 1. The molecular weight excluding hydrogens is 259 g/mol. The summed E-state index contributed by atoms with van der Waals surface area (Å²) in [4.78, 5) is 15.8. The van der Waals surface area contributed by atoms with Crippen LogP contribution in [0.25, 0.3) is 0 Å². The van der Waals surface area contributed by atoms with Gasteiger partial charge in [-0.15, -0.1) is 0 Å². The van der Waals surface area contributed by atoms with Gasteiger partial charge in [-0.25, -0.2) is 9.37 Å². The Morgan fingerprint density at radius 2 is 2.17 bits per heavy atom. The van der Waals surface area contributed by atoms with Crippen LogP contribution in [0.15, 0.2) is 22.6 Å². The molecule has 0 aliphatic heterocycles. The molecule has 0 radical (unpaired) electrons. The number of rotatable bonds is 2. The summed E-state index contributed by atoms with van der Waals surface area (Å²) in [5.74, 6) is -0.122. The second-order valence-electron chi connectivity index (χ2n) is 3.72. The second-order valence-corrected chi connectivity index (χ2v) is 4.13. The Bertz CT molecular complexity index is 610. The van der Waals surface area contributed by atoms with Gasteiger partial charge in [-0.05, 0) is 25.1 Å². The van der Waals surface area contributed by atoms with E-state index in [1.165, 1.54) is 18.2 Å². The van der Waals surface area contributed by atoms with Crippen LogP contribution in [0.5, 0.6) is 0 Å². The average molecular weight is 269 g/mol. The largest absolute Gasteiger partial charge is 0.445 e. The SMILES string of the molecule is Cc1nc(C(=O)Nc2ccc(F)c(Cl)c2)c(C)o1. The maximum Gasteiger partial charge on any atom is 0.277 e. The molecule has 1 aromatic carbocycles. The van der Waals surface area contributed by atoms with Gasteiger partial charge in [-0.3, -0.25) is 4.79 Å². The van der Waals surface area contributed by atoms with E-state index in [1.54, 1.807) is 13.8 Å². The van der Waals surface area contributed by atoms with Crippen LogP contribution in [-0.4, -0.2) is 10.9 Å². The lowest BCUT2D eigenvalue weighted by atomic mass is 10.3. The summed E-state index contributed by atoms with van der Waals surface area (Å²) in [6.07, 6.45) is 0. The number of halogens is 2. The van der Waals surface area contributed by atoms with Crippen molar-refractivity contribution in [2.45, 2.75) is 13.8 Å². The van der Waals surface area contributed by atoms with Crippen molar-refractivity contribution in [3.05, 3.63) is 46.4 Å². The van der Waals surface area contributed by atoms with E-state index in [0.29, 0.717) is 17.3 Å². The van der Waals surface area contributed by atoms with Crippen molar-refractivity contribution in [3.63, 3.8) is 0 Å². The number of anilines is 1. The molecular formula is C12H10ClFN2O2. The summed E-state index contributed by atoms with van der Waals surface area (Å²) in [6, 6.07) is 3.93. The van der Waals surface area contributed by atoms with E-state index in [0.717, 1.165) is 0 Å². The fraction of sp³-hybridized carbons (Fsp3) is 0.167. The van der Waals surface area contributed by atoms with Gasteiger partial charge in [0.05, 0.1) is 5.02 Å². The van der Waals surface area contributed by atoms with Crippen molar-refractivity contribution in [2.75, 3.05) is 5.32 Å². The molecule has 0 saturated heterocycles. The Morgan fingerprint density at radius 3 is 2.72 bits per heavy atom. The highest BCUT2D eigenvalue weighted by atomic mass is 35.5. The molecule has 0 saturated carbocycles. The van der Waals surface area contributed by atoms with E-state index in [4.69, 9.17) is 16.0 Å². The number of benzene rings is 1. The fourth-order valence-electron chi connectivity index (χ4n) is 1.50. The molecule has 4 nitrogen and oxygen atoms in total. The Labute approximate surface area is 108 Å². The number of amides is 1. The number of nitrogens with one attached hydrogen (secondary N) is 1. The molecule has 0 aliphatic rings. The minimum Gasteiger partial charge on any atom is -0.445 e. The molecule has 94 valence electrons. The molecule has 1 N–H and O–H groups in total. The van der Waals surface area contributed by atoms with Crippen LogP contribution >= 0.6 is 11.6 Å². The summed E-state index contributed by atoms with van der Waals surface area (Å²) in [5.41, 5.74) is 0.597. The van der Waals surface area contributed by atoms with E-state index in [1.807, 2.05) is 0 Å². The second kappa shape index (κ2) is 4.78. The molecule has 2 rings (SSSR count). The van der Waals surface area contributed by atoms with Gasteiger partial charge < -0.3 is 9.73 Å². The first-order valence-corrected chi connectivity index (χ1v) is 5.55. The number of carbonyl (C=O) groups is 1. The van der Waals surface area contributed by atoms with Gasteiger partial charge in [0.2, 0.25) is 0 Å². The topological polar surface area (TPSA) is 55.1 Å². The molecule has 2 aromatic rings. The monoisotopic (exact) mass is 268 g/mol. The summed E-state index contributed by atoms with van der Waals surface area (Å²) in [7, 11) is 0. The van der Waals surface area contributed by atoms with Gasteiger partial charge in [-0.2, -0.15) is 0 Å². The van der Waals surface area contributed by atoms with Gasteiger partial charge in [0, 0.05) is 12.6 Å². The van der Waals surface area contributed by atoms with Crippen LogP contribution in [0.4, 0.5) is 10.1 Å². The summed E-state index contributed by atoms with van der Waals surface area (Å²) < 4.78 is 18.1. The minimum absolute atomic E-state index is 0.0548. The standard InChI is InChI=1S/C12H10ClFN2O2/c1-6-11(15-7(2)18-6)12(17)16-8-3-4-10(14)9(13)5-8/h3-5H,1-2H3,(H,16,17). The van der Waals surface area contributed by atoms with Crippen LogP contribution in [0.3, 0.4) is 0 Å². The molecule has 18 heavy (non-hydrogen) atoms. The predicted octanol–water partition coefficient (Wildman–Crippen LogP) is 3.34. The Hall–Kier alpha value is -1.88. The van der Waals surface area contributed by atoms with Gasteiger partial charge in [0.25, 0.3) is 5.91 Å². The zero-order valence-corrected chi connectivity index (χ0v) is 10.5. The smallest absolute Gasteiger partial charge is 0.277 e. The highest BCUT2D eigenvalue weighted by molar-refractivity contribution is 6.31. The van der Waals surface area contributed by atoms with Gasteiger partial charge in [0.15, 0.2) is 11.6 Å². The zero-order chi connectivity index (χ0) is 13.3. The normalized spacial score (nSPS) is 10.4. The number of nitrogens with zero attached hydrogens (tertiary/aromatic N) is 1. The van der Waals surface area contributed by atoms with Gasteiger partial charge in [-0.1, -0.05) is 11.6 Å². The van der Waals surface area contributed by atoms with Crippen molar-refractivity contribution in [2.24, 2.45) is 0 Å². The van der Waals surface area contributed by atoms with Crippen LogP contribution in [0, 0.1) is 19.7 Å². The van der Waals surface area contributed by atoms with Crippen molar-refractivity contribution in [1.82, 2.24) is 4.98 Å². The van der Waals surface area contributed by atoms with Crippen LogP contribution in [0.2, 0.25) is 5.02 Å². The summed E-state index contributed by atoms with van der Waals surface area (Å²) in [6.45, 7) is 3.30. The lowest BCUT2D eigenvalue weighted by Gasteiger charge is -2.04. The molecule has 0 aliphatic carbocycles. The molecule has 1 heterocycles. The lowest BCUT2D eigenvalue weighted by Crippen LogP contribution is -2.13. The molecule has 0 bridgehead atoms. The number of hydrogen-bond donors (Lipinski definition) is 1. The molecule has 0 fully saturated rings. The first-order valence-electron chi connectivity index (χ1n) is 5.18. The van der Waals surface area contributed by atoms with Gasteiger partial charge in [0.1, 0.15) is 11.6 Å². The number of carbonyl (C=O) groups excluding carboxylic acids is 1. The van der Waals surface area contributed by atoms with E-state index in [2.05, 4.69) is 10.3 Å². The van der Waals surface area contributed by atoms with E-state index >= 15 is 0 Å². The highest BCUT2D eigenvalue weighted by Gasteiger charge is 2.15. The maximum atomic E-state index is 13.0.